The third-order valence-electron chi connectivity index (χ3n) is 2.84. The van der Waals surface area contributed by atoms with Crippen LogP contribution in [-0.2, 0) is 0 Å². The maximum absolute atomic E-state index is 9.28. The molecule has 1 heterocycles. The zero-order valence-electron chi connectivity index (χ0n) is 10.4. The Morgan fingerprint density at radius 2 is 1.80 bits per heavy atom. The number of hydrogen-bond acceptors (Lipinski definition) is 3. The first-order chi connectivity index (χ1) is 9.76. The topological polar surface area (TPSA) is 36.7 Å². The highest BCUT2D eigenvalue weighted by Crippen LogP contribution is 2.31. The van der Waals surface area contributed by atoms with Crippen molar-refractivity contribution in [2.75, 3.05) is 0 Å². The van der Waals surface area contributed by atoms with Crippen molar-refractivity contribution in [3.05, 3.63) is 65.2 Å². The zero-order chi connectivity index (χ0) is 13.9. The lowest BCUT2D eigenvalue weighted by Crippen LogP contribution is -1.88. The molecular formula is C16H9ClN2S. The molecule has 3 rings (SSSR count). The molecule has 2 aromatic carbocycles. The molecular weight excluding hydrogens is 288 g/mol. The van der Waals surface area contributed by atoms with Crippen molar-refractivity contribution in [1.82, 2.24) is 4.98 Å². The number of nitriles is 1. The molecule has 4 heteroatoms. The summed E-state index contributed by atoms with van der Waals surface area (Å²) in [7, 11) is 0. The fraction of sp³-hybridized carbons (Fsp3) is 0. The first kappa shape index (κ1) is 13.0. The van der Waals surface area contributed by atoms with Crippen LogP contribution in [0.5, 0.6) is 0 Å². The SMILES string of the molecule is N#Cc1cc2ccccc2nc1Sc1ccc(Cl)cc1. The number of benzene rings is 2. The van der Waals surface area contributed by atoms with Crippen LogP contribution in [0.15, 0.2) is 64.5 Å². The van der Waals surface area contributed by atoms with Gasteiger partial charge < -0.3 is 0 Å². The average molecular weight is 297 g/mol. The van der Waals surface area contributed by atoms with E-state index in [0.29, 0.717) is 15.6 Å². The molecule has 0 spiro atoms. The van der Waals surface area contributed by atoms with E-state index < -0.39 is 0 Å². The quantitative estimate of drug-likeness (QED) is 0.674. The van der Waals surface area contributed by atoms with Crippen molar-refractivity contribution in [1.29, 1.82) is 5.26 Å². The van der Waals surface area contributed by atoms with Crippen molar-refractivity contribution >= 4 is 34.3 Å². The summed E-state index contributed by atoms with van der Waals surface area (Å²) in [4.78, 5) is 5.58. The number of hydrogen-bond donors (Lipinski definition) is 0. The van der Waals surface area contributed by atoms with Gasteiger partial charge in [0.1, 0.15) is 11.1 Å². The van der Waals surface area contributed by atoms with Gasteiger partial charge in [-0.1, -0.05) is 41.6 Å². The molecule has 0 aliphatic rings. The van der Waals surface area contributed by atoms with Gasteiger partial charge in [-0.3, -0.25) is 0 Å². The number of nitrogens with zero attached hydrogens (tertiary/aromatic N) is 2. The van der Waals surface area contributed by atoms with Gasteiger partial charge in [0.15, 0.2) is 0 Å². The molecule has 0 aliphatic heterocycles. The summed E-state index contributed by atoms with van der Waals surface area (Å²) in [6, 6.07) is 19.4. The van der Waals surface area contributed by atoms with E-state index in [1.54, 1.807) is 0 Å². The molecule has 0 aliphatic carbocycles. The molecule has 0 saturated carbocycles. The number of aromatic nitrogens is 1. The summed E-state index contributed by atoms with van der Waals surface area (Å²) in [5.41, 5.74) is 1.48. The highest BCUT2D eigenvalue weighted by molar-refractivity contribution is 7.99. The zero-order valence-corrected chi connectivity index (χ0v) is 11.9. The van der Waals surface area contributed by atoms with Crippen LogP contribution in [0.4, 0.5) is 0 Å². The Kier molecular flexibility index (Phi) is 3.60. The molecule has 0 radical (unpaired) electrons. The van der Waals surface area contributed by atoms with E-state index in [1.165, 1.54) is 11.8 Å². The number of fused-ring (bicyclic) bond motifs is 1. The van der Waals surface area contributed by atoms with Crippen LogP contribution in [0.1, 0.15) is 5.56 Å². The summed E-state index contributed by atoms with van der Waals surface area (Å²) in [5.74, 6) is 0. The Hall–Kier alpha value is -2.02. The predicted molar refractivity (Wildman–Crippen MR) is 82.0 cm³/mol. The van der Waals surface area contributed by atoms with Gasteiger partial charge in [-0.05, 0) is 36.4 Å². The molecule has 0 bridgehead atoms. The lowest BCUT2D eigenvalue weighted by atomic mass is 10.2. The van der Waals surface area contributed by atoms with Crippen LogP contribution in [0, 0.1) is 11.3 Å². The van der Waals surface area contributed by atoms with Gasteiger partial charge in [-0.2, -0.15) is 5.26 Å². The number of para-hydroxylation sites is 1. The Morgan fingerprint density at radius 3 is 2.55 bits per heavy atom. The summed E-state index contributed by atoms with van der Waals surface area (Å²) >= 11 is 7.34. The van der Waals surface area contributed by atoms with Crippen molar-refractivity contribution in [3.63, 3.8) is 0 Å². The smallest absolute Gasteiger partial charge is 0.119 e. The molecule has 0 atom stereocenters. The minimum Gasteiger partial charge on any atom is -0.240 e. The summed E-state index contributed by atoms with van der Waals surface area (Å²) in [6.45, 7) is 0. The molecule has 0 N–H and O–H groups in total. The van der Waals surface area contributed by atoms with E-state index in [-0.39, 0.29) is 0 Å². The second-order valence-corrected chi connectivity index (χ2v) is 5.70. The largest absolute Gasteiger partial charge is 0.240 e. The third kappa shape index (κ3) is 2.62. The van der Waals surface area contributed by atoms with E-state index in [0.717, 1.165) is 15.8 Å². The maximum atomic E-state index is 9.28. The lowest BCUT2D eigenvalue weighted by Gasteiger charge is -2.05. The first-order valence-corrected chi connectivity index (χ1v) is 7.19. The highest BCUT2D eigenvalue weighted by atomic mass is 35.5. The second-order valence-electron chi connectivity index (χ2n) is 4.20. The van der Waals surface area contributed by atoms with Gasteiger partial charge in [0.2, 0.25) is 0 Å². The van der Waals surface area contributed by atoms with Gasteiger partial charge in [0, 0.05) is 15.3 Å². The molecule has 0 saturated heterocycles. The first-order valence-electron chi connectivity index (χ1n) is 5.99. The molecule has 96 valence electrons. The molecule has 2 nitrogen and oxygen atoms in total. The summed E-state index contributed by atoms with van der Waals surface area (Å²) in [6.07, 6.45) is 0. The van der Waals surface area contributed by atoms with E-state index >= 15 is 0 Å². The van der Waals surface area contributed by atoms with Crippen molar-refractivity contribution in [3.8, 4) is 6.07 Å². The molecule has 20 heavy (non-hydrogen) atoms. The maximum Gasteiger partial charge on any atom is 0.119 e. The monoisotopic (exact) mass is 296 g/mol. The molecule has 1 aromatic heterocycles. The van der Waals surface area contributed by atoms with E-state index in [1.807, 2.05) is 54.6 Å². The summed E-state index contributed by atoms with van der Waals surface area (Å²) < 4.78 is 0. The Balaban J connectivity index is 2.06. The number of halogens is 1. The van der Waals surface area contributed by atoms with E-state index in [9.17, 15) is 5.26 Å². The standard InChI is InChI=1S/C16H9ClN2S/c17-13-5-7-14(8-6-13)20-16-12(10-18)9-11-3-1-2-4-15(11)19-16/h1-9H. The van der Waals surface area contributed by atoms with Crippen LogP contribution < -0.4 is 0 Å². The Morgan fingerprint density at radius 1 is 1.05 bits per heavy atom. The third-order valence-corrected chi connectivity index (χ3v) is 4.10. The van der Waals surface area contributed by atoms with Crippen LogP contribution >= 0.6 is 23.4 Å². The van der Waals surface area contributed by atoms with Gasteiger partial charge in [0.25, 0.3) is 0 Å². The number of rotatable bonds is 2. The molecule has 0 fully saturated rings. The molecule has 0 amide bonds. The van der Waals surface area contributed by atoms with Crippen molar-refractivity contribution in [2.45, 2.75) is 9.92 Å². The van der Waals surface area contributed by atoms with E-state index in [2.05, 4.69) is 11.1 Å². The minimum atomic E-state index is 0.587. The highest BCUT2D eigenvalue weighted by Gasteiger charge is 2.08. The van der Waals surface area contributed by atoms with Crippen LogP contribution in [-0.4, -0.2) is 4.98 Å². The predicted octanol–water partition coefficient (Wildman–Crippen LogP) is 4.91. The summed E-state index contributed by atoms with van der Waals surface area (Å²) in [5, 5.41) is 11.7. The van der Waals surface area contributed by atoms with Gasteiger partial charge >= 0.3 is 0 Å². The Bertz CT molecular complexity index is 807. The average Bonchev–Trinajstić information content (AvgIpc) is 2.49. The van der Waals surface area contributed by atoms with Gasteiger partial charge in [-0.15, -0.1) is 0 Å². The molecule has 3 aromatic rings. The normalized spacial score (nSPS) is 10.4. The number of pyridine rings is 1. The fourth-order valence-electron chi connectivity index (χ4n) is 1.87. The van der Waals surface area contributed by atoms with Gasteiger partial charge in [-0.25, -0.2) is 4.98 Å². The lowest BCUT2D eigenvalue weighted by molar-refractivity contribution is 1.16. The Labute approximate surface area is 126 Å². The van der Waals surface area contributed by atoms with Crippen LogP contribution in [0.25, 0.3) is 10.9 Å². The van der Waals surface area contributed by atoms with E-state index in [4.69, 9.17) is 11.6 Å². The minimum absolute atomic E-state index is 0.587. The van der Waals surface area contributed by atoms with Crippen molar-refractivity contribution in [2.24, 2.45) is 0 Å². The second kappa shape index (κ2) is 5.54. The van der Waals surface area contributed by atoms with Crippen LogP contribution in [0.3, 0.4) is 0 Å². The molecule has 0 unspecified atom stereocenters. The fourth-order valence-corrected chi connectivity index (χ4v) is 2.85. The van der Waals surface area contributed by atoms with Crippen molar-refractivity contribution < 1.29 is 0 Å². The van der Waals surface area contributed by atoms with Gasteiger partial charge in [0.05, 0.1) is 11.1 Å². The van der Waals surface area contributed by atoms with Crippen LogP contribution in [0.2, 0.25) is 5.02 Å².